The van der Waals surface area contributed by atoms with Crippen LogP contribution in [0, 0.1) is 5.92 Å². The molecule has 1 saturated carbocycles. The van der Waals surface area contributed by atoms with E-state index in [9.17, 15) is 4.79 Å². The summed E-state index contributed by atoms with van der Waals surface area (Å²) >= 11 is 0. The van der Waals surface area contributed by atoms with Crippen LogP contribution in [0.5, 0.6) is 5.75 Å². The van der Waals surface area contributed by atoms with Gasteiger partial charge in [-0.3, -0.25) is 4.79 Å². The fraction of sp³-hybridized carbons (Fsp3) is 0.611. The molecule has 4 nitrogen and oxygen atoms in total. The molecule has 0 bridgehead atoms. The van der Waals surface area contributed by atoms with E-state index < -0.39 is 0 Å². The van der Waals surface area contributed by atoms with Gasteiger partial charge in [0.25, 0.3) is 0 Å². The van der Waals surface area contributed by atoms with Crippen LogP contribution in [-0.2, 0) is 9.53 Å². The van der Waals surface area contributed by atoms with Crippen molar-refractivity contribution in [1.29, 1.82) is 0 Å². The van der Waals surface area contributed by atoms with E-state index >= 15 is 0 Å². The summed E-state index contributed by atoms with van der Waals surface area (Å²) < 4.78 is 10.2. The number of unbranched alkanes of at least 4 members (excludes halogenated alkanes) is 1. The predicted molar refractivity (Wildman–Crippen MR) is 87.2 cm³/mol. The van der Waals surface area contributed by atoms with Gasteiger partial charge in [0.2, 0.25) is 5.91 Å². The Morgan fingerprint density at radius 2 is 1.95 bits per heavy atom. The van der Waals surface area contributed by atoms with Crippen molar-refractivity contribution in [2.75, 3.05) is 27.4 Å². The molecule has 0 heterocycles. The van der Waals surface area contributed by atoms with E-state index in [-0.39, 0.29) is 5.91 Å². The molecule has 4 heteroatoms. The van der Waals surface area contributed by atoms with Gasteiger partial charge >= 0.3 is 0 Å². The first-order valence-corrected chi connectivity index (χ1v) is 8.14. The molecule has 0 saturated heterocycles. The van der Waals surface area contributed by atoms with Gasteiger partial charge in [-0.2, -0.15) is 0 Å². The van der Waals surface area contributed by atoms with Gasteiger partial charge in [0, 0.05) is 26.7 Å². The summed E-state index contributed by atoms with van der Waals surface area (Å²) in [7, 11) is 3.37. The number of ether oxygens (including phenoxy) is 2. The van der Waals surface area contributed by atoms with Crippen LogP contribution >= 0.6 is 0 Å². The van der Waals surface area contributed by atoms with E-state index in [1.807, 2.05) is 12.1 Å². The van der Waals surface area contributed by atoms with Crippen molar-refractivity contribution in [1.82, 2.24) is 5.32 Å². The number of hydrogen-bond acceptors (Lipinski definition) is 3. The Bertz CT molecular complexity index is 454. The SMILES string of the molecule is COCCCCNC(=O)CC(c1ccc(OC)cc1)C1CC1. The lowest BCUT2D eigenvalue weighted by atomic mass is 9.90. The highest BCUT2D eigenvalue weighted by Gasteiger charge is 2.33. The minimum absolute atomic E-state index is 0.158. The summed E-state index contributed by atoms with van der Waals surface area (Å²) in [6.07, 6.45) is 5.01. The maximum atomic E-state index is 12.1. The standard InChI is InChI=1S/C18H27NO3/c1-21-12-4-3-11-19-18(20)13-17(14-5-6-14)15-7-9-16(22-2)10-8-15/h7-10,14,17H,3-6,11-13H2,1-2H3,(H,19,20). The molecular weight excluding hydrogens is 278 g/mol. The second kappa shape index (κ2) is 8.79. The Balaban J connectivity index is 1.82. The van der Waals surface area contributed by atoms with E-state index in [4.69, 9.17) is 9.47 Å². The highest BCUT2D eigenvalue weighted by molar-refractivity contribution is 5.77. The number of amides is 1. The minimum atomic E-state index is 0.158. The number of methoxy groups -OCH3 is 2. The van der Waals surface area contributed by atoms with Crippen LogP contribution in [-0.4, -0.2) is 33.3 Å². The van der Waals surface area contributed by atoms with Crippen LogP contribution in [0.2, 0.25) is 0 Å². The van der Waals surface area contributed by atoms with Crippen molar-refractivity contribution in [3.63, 3.8) is 0 Å². The smallest absolute Gasteiger partial charge is 0.220 e. The van der Waals surface area contributed by atoms with Gasteiger partial charge in [0.05, 0.1) is 7.11 Å². The molecule has 1 aromatic rings. The van der Waals surface area contributed by atoms with Crippen LogP contribution in [0.4, 0.5) is 0 Å². The highest BCUT2D eigenvalue weighted by Crippen LogP contribution is 2.44. The zero-order chi connectivity index (χ0) is 15.8. The Morgan fingerprint density at radius 3 is 2.55 bits per heavy atom. The van der Waals surface area contributed by atoms with Gasteiger partial charge in [-0.05, 0) is 55.2 Å². The first-order valence-electron chi connectivity index (χ1n) is 8.14. The topological polar surface area (TPSA) is 47.6 Å². The molecule has 1 unspecified atom stereocenters. The number of benzene rings is 1. The van der Waals surface area contributed by atoms with Gasteiger partial charge in [0.15, 0.2) is 0 Å². The van der Waals surface area contributed by atoms with Crippen LogP contribution in [0.3, 0.4) is 0 Å². The molecule has 2 rings (SSSR count). The van der Waals surface area contributed by atoms with Crippen LogP contribution in [0.15, 0.2) is 24.3 Å². The summed E-state index contributed by atoms with van der Waals surface area (Å²) in [5, 5.41) is 3.03. The number of nitrogens with one attached hydrogen (secondary N) is 1. The van der Waals surface area contributed by atoms with Crippen molar-refractivity contribution in [3.05, 3.63) is 29.8 Å². The van der Waals surface area contributed by atoms with Crippen molar-refractivity contribution in [2.24, 2.45) is 5.92 Å². The zero-order valence-corrected chi connectivity index (χ0v) is 13.6. The first-order chi connectivity index (χ1) is 10.7. The fourth-order valence-electron chi connectivity index (χ4n) is 2.78. The van der Waals surface area contributed by atoms with Gasteiger partial charge in [-0.15, -0.1) is 0 Å². The van der Waals surface area contributed by atoms with E-state index in [0.29, 0.717) is 18.3 Å². The van der Waals surface area contributed by atoms with Gasteiger partial charge in [-0.1, -0.05) is 12.1 Å². The molecule has 1 aromatic carbocycles. The molecule has 122 valence electrons. The molecule has 1 aliphatic carbocycles. The van der Waals surface area contributed by atoms with Crippen molar-refractivity contribution >= 4 is 5.91 Å². The fourth-order valence-corrected chi connectivity index (χ4v) is 2.78. The second-order valence-corrected chi connectivity index (χ2v) is 5.97. The Labute approximate surface area is 133 Å². The molecule has 0 radical (unpaired) electrons. The second-order valence-electron chi connectivity index (χ2n) is 5.97. The normalized spacial score (nSPS) is 15.4. The van der Waals surface area contributed by atoms with E-state index in [2.05, 4.69) is 17.4 Å². The first kappa shape index (κ1) is 16.8. The summed E-state index contributed by atoms with van der Waals surface area (Å²) in [6, 6.07) is 8.14. The molecule has 22 heavy (non-hydrogen) atoms. The third-order valence-corrected chi connectivity index (χ3v) is 4.24. The average molecular weight is 305 g/mol. The molecular formula is C18H27NO3. The van der Waals surface area contributed by atoms with Crippen molar-refractivity contribution < 1.29 is 14.3 Å². The zero-order valence-electron chi connectivity index (χ0n) is 13.6. The van der Waals surface area contributed by atoms with Gasteiger partial charge < -0.3 is 14.8 Å². The molecule has 1 aliphatic rings. The minimum Gasteiger partial charge on any atom is -0.497 e. The van der Waals surface area contributed by atoms with E-state index in [1.54, 1.807) is 14.2 Å². The quantitative estimate of drug-likeness (QED) is 0.676. The molecule has 0 aliphatic heterocycles. The Hall–Kier alpha value is -1.55. The summed E-state index contributed by atoms with van der Waals surface area (Å²) in [5.74, 6) is 2.02. The van der Waals surface area contributed by atoms with E-state index in [0.717, 1.165) is 31.7 Å². The maximum absolute atomic E-state index is 12.1. The van der Waals surface area contributed by atoms with Crippen molar-refractivity contribution in [3.8, 4) is 5.75 Å². The van der Waals surface area contributed by atoms with Crippen LogP contribution in [0.25, 0.3) is 0 Å². The molecule has 1 N–H and O–H groups in total. The summed E-state index contributed by atoms with van der Waals surface area (Å²) in [6.45, 7) is 1.49. The number of rotatable bonds is 10. The van der Waals surface area contributed by atoms with Crippen molar-refractivity contribution in [2.45, 2.75) is 38.0 Å². The number of carbonyl (C=O) groups excluding carboxylic acids is 1. The predicted octanol–water partition coefficient (Wildman–Crippen LogP) is 3.12. The maximum Gasteiger partial charge on any atom is 0.220 e. The third kappa shape index (κ3) is 5.34. The monoisotopic (exact) mass is 305 g/mol. The Kier molecular flexibility index (Phi) is 6.72. The lowest BCUT2D eigenvalue weighted by Crippen LogP contribution is -2.26. The Morgan fingerprint density at radius 1 is 1.23 bits per heavy atom. The van der Waals surface area contributed by atoms with Crippen LogP contribution in [0.1, 0.15) is 43.6 Å². The summed E-state index contributed by atoms with van der Waals surface area (Å²) in [5.41, 5.74) is 1.25. The number of hydrogen-bond donors (Lipinski definition) is 1. The molecule has 1 fully saturated rings. The average Bonchev–Trinajstić information content (AvgIpc) is 3.37. The lowest BCUT2D eigenvalue weighted by molar-refractivity contribution is -0.121. The molecule has 0 spiro atoms. The van der Waals surface area contributed by atoms with Crippen LogP contribution < -0.4 is 10.1 Å². The van der Waals surface area contributed by atoms with Gasteiger partial charge in [0.1, 0.15) is 5.75 Å². The van der Waals surface area contributed by atoms with Gasteiger partial charge in [-0.25, -0.2) is 0 Å². The largest absolute Gasteiger partial charge is 0.497 e. The molecule has 1 amide bonds. The third-order valence-electron chi connectivity index (χ3n) is 4.24. The highest BCUT2D eigenvalue weighted by atomic mass is 16.5. The lowest BCUT2D eigenvalue weighted by Gasteiger charge is -2.17. The molecule has 1 atom stereocenters. The van der Waals surface area contributed by atoms with E-state index in [1.165, 1.54) is 18.4 Å². The summed E-state index contributed by atoms with van der Waals surface area (Å²) in [4.78, 5) is 12.1. The number of carbonyl (C=O) groups is 1. The molecule has 0 aromatic heterocycles.